The van der Waals surface area contributed by atoms with Crippen LogP contribution in [0.4, 0.5) is 11.6 Å². The highest BCUT2D eigenvalue weighted by molar-refractivity contribution is 5.87. The van der Waals surface area contributed by atoms with Gasteiger partial charge < -0.3 is 10.2 Å². The SMILES string of the molecule is CC(C)Nc1ncnc2nc(N3CCCC3)ccc12. The molecule has 0 unspecified atom stereocenters. The topological polar surface area (TPSA) is 53.9 Å². The molecule has 0 bridgehead atoms. The third kappa shape index (κ3) is 2.45. The quantitative estimate of drug-likeness (QED) is 0.915. The van der Waals surface area contributed by atoms with Gasteiger partial charge in [-0.25, -0.2) is 15.0 Å². The lowest BCUT2D eigenvalue weighted by Gasteiger charge is -2.17. The molecule has 2 aromatic heterocycles. The van der Waals surface area contributed by atoms with E-state index in [4.69, 9.17) is 0 Å². The highest BCUT2D eigenvalue weighted by atomic mass is 15.2. The summed E-state index contributed by atoms with van der Waals surface area (Å²) in [5.74, 6) is 1.89. The Morgan fingerprint density at radius 2 is 1.95 bits per heavy atom. The predicted octanol–water partition coefficient (Wildman–Crippen LogP) is 2.45. The van der Waals surface area contributed by atoms with Crippen molar-refractivity contribution in [1.29, 1.82) is 0 Å². The van der Waals surface area contributed by atoms with Gasteiger partial charge in [0.1, 0.15) is 18.0 Å². The maximum Gasteiger partial charge on any atom is 0.166 e. The molecule has 0 amide bonds. The van der Waals surface area contributed by atoms with Gasteiger partial charge in [-0.1, -0.05) is 0 Å². The van der Waals surface area contributed by atoms with Gasteiger partial charge in [0.2, 0.25) is 0 Å². The van der Waals surface area contributed by atoms with Crippen molar-refractivity contribution in [3.63, 3.8) is 0 Å². The largest absolute Gasteiger partial charge is 0.367 e. The molecular weight excluding hydrogens is 238 g/mol. The Balaban J connectivity index is 1.99. The lowest BCUT2D eigenvalue weighted by molar-refractivity contribution is 0.889. The highest BCUT2D eigenvalue weighted by Gasteiger charge is 2.15. The Bertz CT molecular complexity index is 575. The zero-order valence-corrected chi connectivity index (χ0v) is 11.4. The predicted molar refractivity (Wildman–Crippen MR) is 77.5 cm³/mol. The van der Waals surface area contributed by atoms with Crippen LogP contribution in [0.2, 0.25) is 0 Å². The molecule has 1 saturated heterocycles. The number of hydrogen-bond donors (Lipinski definition) is 1. The van der Waals surface area contributed by atoms with Crippen LogP contribution in [0, 0.1) is 0 Å². The maximum atomic E-state index is 4.66. The van der Waals surface area contributed by atoms with Gasteiger partial charge in [-0.2, -0.15) is 0 Å². The number of hydrogen-bond acceptors (Lipinski definition) is 5. The smallest absolute Gasteiger partial charge is 0.166 e. The molecule has 1 aliphatic heterocycles. The van der Waals surface area contributed by atoms with Crippen LogP contribution in [0.25, 0.3) is 11.0 Å². The minimum atomic E-state index is 0.344. The summed E-state index contributed by atoms with van der Waals surface area (Å²) in [6, 6.07) is 4.49. The third-order valence-corrected chi connectivity index (χ3v) is 3.34. The normalized spacial score (nSPS) is 15.4. The number of nitrogens with zero attached hydrogens (tertiary/aromatic N) is 4. The van der Waals surface area contributed by atoms with Gasteiger partial charge in [0, 0.05) is 19.1 Å². The second-order valence-electron chi connectivity index (χ2n) is 5.26. The second-order valence-corrected chi connectivity index (χ2v) is 5.26. The molecule has 0 atom stereocenters. The molecule has 5 nitrogen and oxygen atoms in total. The van der Waals surface area contributed by atoms with Crippen LogP contribution in [-0.2, 0) is 0 Å². The number of anilines is 2. The summed E-state index contributed by atoms with van der Waals surface area (Å²) in [4.78, 5) is 15.6. The minimum absolute atomic E-state index is 0.344. The van der Waals surface area contributed by atoms with Gasteiger partial charge in [0.25, 0.3) is 0 Å². The average molecular weight is 257 g/mol. The Hall–Kier alpha value is -1.91. The van der Waals surface area contributed by atoms with E-state index in [1.54, 1.807) is 6.33 Å². The Morgan fingerprint density at radius 3 is 2.68 bits per heavy atom. The van der Waals surface area contributed by atoms with Gasteiger partial charge in [-0.3, -0.25) is 0 Å². The zero-order chi connectivity index (χ0) is 13.2. The molecule has 0 saturated carbocycles. The van der Waals surface area contributed by atoms with E-state index in [9.17, 15) is 0 Å². The molecule has 3 heterocycles. The van der Waals surface area contributed by atoms with E-state index < -0.39 is 0 Å². The van der Waals surface area contributed by atoms with Crippen molar-refractivity contribution in [2.75, 3.05) is 23.3 Å². The van der Waals surface area contributed by atoms with Crippen LogP contribution in [0.15, 0.2) is 18.5 Å². The summed E-state index contributed by atoms with van der Waals surface area (Å²) in [5.41, 5.74) is 0.766. The first-order chi connectivity index (χ1) is 9.24. The molecule has 2 aromatic rings. The van der Waals surface area contributed by atoms with Gasteiger partial charge in [0.05, 0.1) is 5.39 Å². The van der Waals surface area contributed by atoms with Crippen molar-refractivity contribution in [3.05, 3.63) is 18.5 Å². The van der Waals surface area contributed by atoms with Crippen LogP contribution in [0.5, 0.6) is 0 Å². The van der Waals surface area contributed by atoms with Crippen molar-refractivity contribution in [3.8, 4) is 0 Å². The minimum Gasteiger partial charge on any atom is -0.367 e. The van der Waals surface area contributed by atoms with E-state index >= 15 is 0 Å². The number of aromatic nitrogens is 3. The van der Waals surface area contributed by atoms with Crippen molar-refractivity contribution >= 4 is 22.7 Å². The maximum absolute atomic E-state index is 4.66. The van der Waals surface area contributed by atoms with E-state index in [1.807, 2.05) is 0 Å². The zero-order valence-electron chi connectivity index (χ0n) is 11.4. The monoisotopic (exact) mass is 257 g/mol. The molecule has 100 valence electrons. The van der Waals surface area contributed by atoms with Gasteiger partial charge in [0.15, 0.2) is 5.65 Å². The summed E-state index contributed by atoms with van der Waals surface area (Å²) in [6.07, 6.45) is 4.08. The van der Waals surface area contributed by atoms with Crippen LogP contribution in [0.1, 0.15) is 26.7 Å². The summed E-state index contributed by atoms with van der Waals surface area (Å²) >= 11 is 0. The van der Waals surface area contributed by atoms with E-state index in [2.05, 4.69) is 51.1 Å². The lowest BCUT2D eigenvalue weighted by Crippen LogP contribution is -2.19. The van der Waals surface area contributed by atoms with Crippen LogP contribution >= 0.6 is 0 Å². The third-order valence-electron chi connectivity index (χ3n) is 3.34. The molecule has 3 rings (SSSR count). The van der Waals surface area contributed by atoms with Crippen molar-refractivity contribution in [2.24, 2.45) is 0 Å². The summed E-state index contributed by atoms with van der Waals surface area (Å²) in [6.45, 7) is 6.39. The van der Waals surface area contributed by atoms with E-state index in [1.165, 1.54) is 12.8 Å². The van der Waals surface area contributed by atoms with Gasteiger partial charge in [-0.05, 0) is 38.8 Å². The highest BCUT2D eigenvalue weighted by Crippen LogP contribution is 2.23. The van der Waals surface area contributed by atoms with Crippen LogP contribution in [0.3, 0.4) is 0 Å². The number of pyridine rings is 1. The van der Waals surface area contributed by atoms with Gasteiger partial charge >= 0.3 is 0 Å². The fourth-order valence-corrected chi connectivity index (χ4v) is 2.44. The molecule has 1 fully saturated rings. The van der Waals surface area contributed by atoms with Gasteiger partial charge in [-0.15, -0.1) is 0 Å². The molecular formula is C14H19N5. The number of nitrogens with one attached hydrogen (secondary N) is 1. The van der Waals surface area contributed by atoms with Crippen LogP contribution in [-0.4, -0.2) is 34.1 Å². The van der Waals surface area contributed by atoms with Crippen molar-refractivity contribution in [2.45, 2.75) is 32.7 Å². The first-order valence-corrected chi connectivity index (χ1v) is 6.87. The van der Waals surface area contributed by atoms with E-state index in [-0.39, 0.29) is 0 Å². The Kier molecular flexibility index (Phi) is 3.19. The molecule has 0 aromatic carbocycles. The fraction of sp³-hybridized carbons (Fsp3) is 0.500. The molecule has 1 aliphatic rings. The number of fused-ring (bicyclic) bond motifs is 1. The Labute approximate surface area is 113 Å². The summed E-state index contributed by atoms with van der Waals surface area (Å²) in [7, 11) is 0. The fourth-order valence-electron chi connectivity index (χ4n) is 2.44. The molecule has 1 N–H and O–H groups in total. The first-order valence-electron chi connectivity index (χ1n) is 6.87. The van der Waals surface area contributed by atoms with E-state index in [0.717, 1.165) is 35.8 Å². The molecule has 0 aliphatic carbocycles. The molecule has 5 heteroatoms. The van der Waals surface area contributed by atoms with Crippen LogP contribution < -0.4 is 10.2 Å². The average Bonchev–Trinajstić information content (AvgIpc) is 2.91. The second kappa shape index (κ2) is 4.99. The Morgan fingerprint density at radius 1 is 1.16 bits per heavy atom. The molecule has 19 heavy (non-hydrogen) atoms. The molecule has 0 spiro atoms. The molecule has 0 radical (unpaired) electrons. The first kappa shape index (κ1) is 12.1. The lowest BCUT2D eigenvalue weighted by atomic mass is 10.3. The van der Waals surface area contributed by atoms with Crippen molar-refractivity contribution < 1.29 is 0 Å². The standard InChI is InChI=1S/C14H19N5/c1-10(2)17-13-11-5-6-12(19-7-3-4-8-19)18-14(11)16-9-15-13/h5-6,9-10H,3-4,7-8H2,1-2H3,(H,15,16,17,18). The summed E-state index contributed by atoms with van der Waals surface area (Å²) < 4.78 is 0. The summed E-state index contributed by atoms with van der Waals surface area (Å²) in [5, 5.41) is 4.32. The number of rotatable bonds is 3. The van der Waals surface area contributed by atoms with E-state index in [0.29, 0.717) is 6.04 Å². The van der Waals surface area contributed by atoms with Crippen molar-refractivity contribution in [1.82, 2.24) is 15.0 Å².